The van der Waals surface area contributed by atoms with E-state index in [0.29, 0.717) is 0 Å². The van der Waals surface area contributed by atoms with Crippen molar-refractivity contribution in [1.82, 2.24) is 0 Å². The minimum atomic E-state index is -0.117. The quantitative estimate of drug-likeness (QED) is 0.574. The lowest BCUT2D eigenvalue weighted by Gasteiger charge is -2.13. The van der Waals surface area contributed by atoms with Crippen LogP contribution in [-0.2, 0) is 0 Å². The number of alkyl halides is 1. The van der Waals surface area contributed by atoms with E-state index in [2.05, 4.69) is 33.4 Å². The summed E-state index contributed by atoms with van der Waals surface area (Å²) in [5.41, 5.74) is 4.43. The normalized spacial score (nSPS) is 12.8. The fourth-order valence-corrected chi connectivity index (χ4v) is 3.57. The molecule has 0 saturated heterocycles. The van der Waals surface area contributed by atoms with E-state index in [1.54, 1.807) is 11.3 Å². The van der Waals surface area contributed by atoms with Gasteiger partial charge in [-0.15, -0.1) is 22.9 Å². The molecule has 1 aromatic carbocycles. The summed E-state index contributed by atoms with van der Waals surface area (Å²) in [5, 5.41) is 2.75. The largest absolute Gasteiger partial charge is 0.136 e. The molecule has 0 aliphatic carbocycles. The van der Waals surface area contributed by atoms with Crippen molar-refractivity contribution in [2.24, 2.45) is 0 Å². The third-order valence-electron chi connectivity index (χ3n) is 2.70. The summed E-state index contributed by atoms with van der Waals surface area (Å²) in [7, 11) is 0. The molecule has 17 heavy (non-hydrogen) atoms. The highest BCUT2D eigenvalue weighted by atomic mass is 79.9. The van der Waals surface area contributed by atoms with E-state index in [4.69, 9.17) is 23.2 Å². The summed E-state index contributed by atoms with van der Waals surface area (Å²) in [4.78, 5) is 0. The molecule has 0 fully saturated rings. The van der Waals surface area contributed by atoms with Crippen molar-refractivity contribution in [2.45, 2.75) is 19.2 Å². The van der Waals surface area contributed by atoms with Gasteiger partial charge in [0.05, 0.1) is 9.16 Å². The van der Waals surface area contributed by atoms with Crippen LogP contribution in [0.2, 0.25) is 5.02 Å². The third kappa shape index (κ3) is 2.87. The zero-order valence-corrected chi connectivity index (χ0v) is 13.3. The average molecular weight is 350 g/mol. The predicted octanol–water partition coefficient (Wildman–Crippen LogP) is 6.11. The van der Waals surface area contributed by atoms with Crippen LogP contribution in [0.15, 0.2) is 27.4 Å². The second-order valence-electron chi connectivity index (χ2n) is 4.00. The van der Waals surface area contributed by atoms with Crippen LogP contribution in [0.1, 0.15) is 27.6 Å². The van der Waals surface area contributed by atoms with E-state index >= 15 is 0 Å². The smallest absolute Gasteiger partial charge is 0.0846 e. The molecule has 1 aromatic heterocycles. The van der Waals surface area contributed by atoms with Gasteiger partial charge in [-0.05, 0) is 69.5 Å². The number of benzene rings is 1. The van der Waals surface area contributed by atoms with Crippen molar-refractivity contribution in [1.29, 1.82) is 0 Å². The molecular weight excluding hydrogens is 339 g/mol. The molecule has 0 N–H and O–H groups in total. The van der Waals surface area contributed by atoms with E-state index in [1.165, 1.54) is 0 Å². The Balaban J connectivity index is 2.43. The molecule has 2 rings (SSSR count). The van der Waals surface area contributed by atoms with Gasteiger partial charge in [-0.1, -0.05) is 17.7 Å². The van der Waals surface area contributed by atoms with Crippen molar-refractivity contribution in [3.8, 4) is 0 Å². The fourth-order valence-electron chi connectivity index (χ4n) is 1.71. The monoisotopic (exact) mass is 348 g/mol. The van der Waals surface area contributed by atoms with Gasteiger partial charge in [0.15, 0.2) is 0 Å². The van der Waals surface area contributed by atoms with Crippen LogP contribution in [-0.4, -0.2) is 0 Å². The van der Waals surface area contributed by atoms with Crippen LogP contribution in [0, 0.1) is 13.8 Å². The lowest BCUT2D eigenvalue weighted by atomic mass is 9.99. The highest BCUT2D eigenvalue weighted by molar-refractivity contribution is 9.11. The topological polar surface area (TPSA) is 0 Å². The van der Waals surface area contributed by atoms with Crippen molar-refractivity contribution in [3.05, 3.63) is 54.6 Å². The summed E-state index contributed by atoms with van der Waals surface area (Å²) in [6.07, 6.45) is 0. The summed E-state index contributed by atoms with van der Waals surface area (Å²) >= 11 is 17.7. The molecule has 0 aliphatic heterocycles. The molecule has 1 atom stereocenters. The Labute approximate surface area is 124 Å². The van der Waals surface area contributed by atoms with Gasteiger partial charge in [-0.3, -0.25) is 0 Å². The number of rotatable bonds is 2. The maximum atomic E-state index is 6.52. The molecule has 0 bridgehead atoms. The van der Waals surface area contributed by atoms with Crippen LogP contribution in [0.25, 0.3) is 0 Å². The van der Waals surface area contributed by atoms with Crippen molar-refractivity contribution in [2.75, 3.05) is 0 Å². The van der Waals surface area contributed by atoms with Crippen LogP contribution in [0.5, 0.6) is 0 Å². The van der Waals surface area contributed by atoms with E-state index in [0.717, 1.165) is 31.1 Å². The second kappa shape index (κ2) is 5.31. The lowest BCUT2D eigenvalue weighted by Crippen LogP contribution is -1.96. The molecule has 0 spiro atoms. The van der Waals surface area contributed by atoms with Crippen LogP contribution in [0.3, 0.4) is 0 Å². The SMILES string of the molecule is Cc1cc(C(Cl)c2csc(Br)c2)c(C)cc1Cl. The van der Waals surface area contributed by atoms with Crippen LogP contribution < -0.4 is 0 Å². The van der Waals surface area contributed by atoms with Gasteiger partial charge in [0.25, 0.3) is 0 Å². The summed E-state index contributed by atoms with van der Waals surface area (Å²) in [6.45, 7) is 4.04. The first-order valence-electron chi connectivity index (χ1n) is 5.13. The molecule has 1 unspecified atom stereocenters. The van der Waals surface area contributed by atoms with E-state index in [1.807, 2.05) is 19.9 Å². The Morgan fingerprint density at radius 1 is 1.18 bits per heavy atom. The third-order valence-corrected chi connectivity index (χ3v) is 5.12. The van der Waals surface area contributed by atoms with Crippen molar-refractivity contribution < 1.29 is 0 Å². The minimum absolute atomic E-state index is 0.117. The Hall–Kier alpha value is -0.0200. The molecule has 0 nitrogen and oxygen atoms in total. The van der Waals surface area contributed by atoms with Gasteiger partial charge in [0, 0.05) is 5.02 Å². The van der Waals surface area contributed by atoms with Crippen LogP contribution >= 0.6 is 50.5 Å². The zero-order chi connectivity index (χ0) is 12.6. The summed E-state index contributed by atoms with van der Waals surface area (Å²) < 4.78 is 1.10. The van der Waals surface area contributed by atoms with E-state index < -0.39 is 0 Å². The Morgan fingerprint density at radius 3 is 2.47 bits per heavy atom. The molecule has 0 amide bonds. The number of hydrogen-bond donors (Lipinski definition) is 0. The van der Waals surface area contributed by atoms with Gasteiger partial charge in [-0.25, -0.2) is 0 Å². The number of aryl methyl sites for hydroxylation is 2. The Bertz CT molecular complexity index is 548. The van der Waals surface area contributed by atoms with E-state index in [-0.39, 0.29) is 5.38 Å². The first-order valence-corrected chi connectivity index (χ1v) is 7.62. The lowest BCUT2D eigenvalue weighted by molar-refractivity contribution is 1.11. The zero-order valence-electron chi connectivity index (χ0n) is 9.43. The van der Waals surface area contributed by atoms with E-state index in [9.17, 15) is 0 Å². The van der Waals surface area contributed by atoms with Crippen LogP contribution in [0.4, 0.5) is 0 Å². The summed E-state index contributed by atoms with van der Waals surface area (Å²) in [5.74, 6) is 0. The standard InChI is InChI=1S/C13H11BrCl2S/c1-7-4-11(15)8(2)3-10(7)13(16)9-5-12(14)17-6-9/h3-6,13H,1-2H3. The summed E-state index contributed by atoms with van der Waals surface area (Å²) in [6, 6.07) is 6.11. The fraction of sp³-hybridized carbons (Fsp3) is 0.231. The molecule has 0 aliphatic rings. The number of thiophene rings is 1. The highest BCUT2D eigenvalue weighted by Gasteiger charge is 2.15. The predicted molar refractivity (Wildman–Crippen MR) is 80.6 cm³/mol. The van der Waals surface area contributed by atoms with Gasteiger partial charge in [-0.2, -0.15) is 0 Å². The van der Waals surface area contributed by atoms with Gasteiger partial charge >= 0.3 is 0 Å². The molecule has 0 saturated carbocycles. The Kier molecular flexibility index (Phi) is 4.19. The number of hydrogen-bond acceptors (Lipinski definition) is 1. The van der Waals surface area contributed by atoms with Gasteiger partial charge < -0.3 is 0 Å². The van der Waals surface area contributed by atoms with Crippen molar-refractivity contribution >= 4 is 50.5 Å². The maximum absolute atomic E-state index is 6.52. The Morgan fingerprint density at radius 2 is 1.88 bits per heavy atom. The first kappa shape index (κ1) is 13.4. The second-order valence-corrected chi connectivity index (χ2v) is 7.14. The molecule has 90 valence electrons. The number of halogens is 3. The molecule has 2 aromatic rings. The molecule has 4 heteroatoms. The molecular formula is C13H11BrCl2S. The van der Waals surface area contributed by atoms with Gasteiger partial charge in [0.1, 0.15) is 0 Å². The highest BCUT2D eigenvalue weighted by Crippen LogP contribution is 2.36. The van der Waals surface area contributed by atoms with Crippen molar-refractivity contribution in [3.63, 3.8) is 0 Å². The average Bonchev–Trinajstić information content (AvgIpc) is 2.69. The van der Waals surface area contributed by atoms with Gasteiger partial charge in [0.2, 0.25) is 0 Å². The first-order chi connectivity index (χ1) is 7.99. The minimum Gasteiger partial charge on any atom is -0.136 e. The molecule has 1 heterocycles. The molecule has 0 radical (unpaired) electrons. The maximum Gasteiger partial charge on any atom is 0.0846 e.